The second kappa shape index (κ2) is 8.82. The molecule has 0 aromatic heterocycles. The molecule has 14 heavy (non-hydrogen) atoms. The summed E-state index contributed by atoms with van der Waals surface area (Å²) in [6.07, 6.45) is 7.85. The minimum atomic E-state index is 0.708. The molecule has 0 aliphatic heterocycles. The molecule has 0 saturated carbocycles. The van der Waals surface area contributed by atoms with Crippen LogP contribution in [-0.4, -0.2) is 20.1 Å². The molecule has 0 heterocycles. The van der Waals surface area contributed by atoms with E-state index in [1.807, 2.05) is 20.9 Å². The summed E-state index contributed by atoms with van der Waals surface area (Å²) in [5.74, 6) is 0.708. The Bertz CT molecular complexity index is 183. The van der Waals surface area contributed by atoms with Crippen LogP contribution >= 0.6 is 0 Å². The van der Waals surface area contributed by atoms with Crippen molar-refractivity contribution in [3.63, 3.8) is 0 Å². The minimum absolute atomic E-state index is 0.708. The highest BCUT2D eigenvalue weighted by atomic mass is 14.9. The highest BCUT2D eigenvalue weighted by Crippen LogP contribution is 2.13. The SMILES string of the molecule is CC.CNCCNC1=CCC(C)C=C1. The van der Waals surface area contributed by atoms with Gasteiger partial charge in [-0.3, -0.25) is 0 Å². The Morgan fingerprint density at radius 3 is 2.57 bits per heavy atom. The third kappa shape index (κ3) is 5.81. The normalized spacial score (nSPS) is 19.4. The summed E-state index contributed by atoms with van der Waals surface area (Å²) in [6, 6.07) is 0. The van der Waals surface area contributed by atoms with Crippen molar-refractivity contribution in [2.75, 3.05) is 20.1 Å². The van der Waals surface area contributed by atoms with E-state index < -0.39 is 0 Å². The van der Waals surface area contributed by atoms with Crippen LogP contribution in [0.15, 0.2) is 23.9 Å². The molecule has 1 rings (SSSR count). The van der Waals surface area contributed by atoms with Crippen LogP contribution < -0.4 is 10.6 Å². The van der Waals surface area contributed by atoms with Gasteiger partial charge < -0.3 is 10.6 Å². The van der Waals surface area contributed by atoms with Crippen LogP contribution in [0.5, 0.6) is 0 Å². The van der Waals surface area contributed by atoms with Gasteiger partial charge in [0.1, 0.15) is 0 Å². The largest absolute Gasteiger partial charge is 0.384 e. The Morgan fingerprint density at radius 1 is 1.36 bits per heavy atom. The Labute approximate surface area is 88.5 Å². The smallest absolute Gasteiger partial charge is 0.0297 e. The van der Waals surface area contributed by atoms with Gasteiger partial charge in [-0.1, -0.05) is 32.9 Å². The van der Waals surface area contributed by atoms with Gasteiger partial charge in [-0.25, -0.2) is 0 Å². The second-order valence-corrected chi connectivity index (χ2v) is 3.26. The first kappa shape index (κ1) is 13.2. The van der Waals surface area contributed by atoms with Crippen LogP contribution in [0.3, 0.4) is 0 Å². The molecule has 0 spiro atoms. The molecule has 0 amide bonds. The first-order chi connectivity index (χ1) is 6.83. The summed E-state index contributed by atoms with van der Waals surface area (Å²) in [4.78, 5) is 0. The Kier molecular flexibility index (Phi) is 8.34. The van der Waals surface area contributed by atoms with Crippen molar-refractivity contribution < 1.29 is 0 Å². The van der Waals surface area contributed by atoms with Crippen LogP contribution in [-0.2, 0) is 0 Å². The summed E-state index contributed by atoms with van der Waals surface area (Å²) in [6.45, 7) is 8.25. The number of rotatable bonds is 4. The van der Waals surface area contributed by atoms with Gasteiger partial charge in [-0.15, -0.1) is 0 Å². The number of allylic oxidation sites excluding steroid dienone is 3. The van der Waals surface area contributed by atoms with Crippen molar-refractivity contribution in [3.8, 4) is 0 Å². The van der Waals surface area contributed by atoms with Crippen LogP contribution in [0, 0.1) is 5.92 Å². The van der Waals surface area contributed by atoms with Crippen molar-refractivity contribution in [3.05, 3.63) is 23.9 Å². The van der Waals surface area contributed by atoms with E-state index in [0.717, 1.165) is 13.1 Å². The molecule has 0 radical (unpaired) electrons. The number of hydrogen-bond acceptors (Lipinski definition) is 2. The molecule has 1 aliphatic carbocycles. The lowest BCUT2D eigenvalue weighted by molar-refractivity contribution is 0.690. The maximum atomic E-state index is 3.35. The molecule has 2 N–H and O–H groups in total. The highest BCUT2D eigenvalue weighted by Gasteiger charge is 2.01. The molecule has 82 valence electrons. The predicted molar refractivity (Wildman–Crippen MR) is 64.3 cm³/mol. The maximum Gasteiger partial charge on any atom is 0.0297 e. The molecule has 0 bridgehead atoms. The first-order valence-electron chi connectivity index (χ1n) is 5.59. The third-order valence-electron chi connectivity index (χ3n) is 2.02. The predicted octanol–water partition coefficient (Wildman–Crippen LogP) is 2.30. The molecule has 1 aliphatic rings. The van der Waals surface area contributed by atoms with Gasteiger partial charge in [-0.2, -0.15) is 0 Å². The quantitative estimate of drug-likeness (QED) is 0.674. The molecule has 2 heteroatoms. The van der Waals surface area contributed by atoms with E-state index in [4.69, 9.17) is 0 Å². The molecule has 0 aromatic rings. The summed E-state index contributed by atoms with van der Waals surface area (Å²) in [5.41, 5.74) is 1.27. The topological polar surface area (TPSA) is 24.1 Å². The van der Waals surface area contributed by atoms with Crippen LogP contribution in [0.2, 0.25) is 0 Å². The zero-order chi connectivity index (χ0) is 10.8. The molecule has 0 saturated heterocycles. The van der Waals surface area contributed by atoms with Gasteiger partial charge in [0, 0.05) is 18.8 Å². The summed E-state index contributed by atoms with van der Waals surface area (Å²) in [5, 5.41) is 6.46. The molecule has 0 aromatic carbocycles. The second-order valence-electron chi connectivity index (χ2n) is 3.26. The summed E-state index contributed by atoms with van der Waals surface area (Å²) >= 11 is 0. The maximum absolute atomic E-state index is 3.35. The van der Waals surface area contributed by atoms with Crippen LogP contribution in [0.4, 0.5) is 0 Å². The lowest BCUT2D eigenvalue weighted by Gasteiger charge is -2.13. The average molecular weight is 196 g/mol. The standard InChI is InChI=1S/C10H18N2.C2H6/c1-9-3-5-10(6-4-9)12-8-7-11-2;1-2/h3,5-6,9,11-12H,4,7-8H2,1-2H3;1-2H3. The van der Waals surface area contributed by atoms with Crippen LogP contribution in [0.1, 0.15) is 27.2 Å². The lowest BCUT2D eigenvalue weighted by atomic mass is 10.0. The number of hydrogen-bond donors (Lipinski definition) is 2. The monoisotopic (exact) mass is 196 g/mol. The molecular weight excluding hydrogens is 172 g/mol. The molecule has 2 nitrogen and oxygen atoms in total. The Hall–Kier alpha value is -0.760. The zero-order valence-corrected chi connectivity index (χ0v) is 9.93. The van der Waals surface area contributed by atoms with Gasteiger partial charge in [-0.05, 0) is 25.5 Å². The van der Waals surface area contributed by atoms with Gasteiger partial charge in [0.2, 0.25) is 0 Å². The molecule has 1 unspecified atom stereocenters. The molecule has 0 fully saturated rings. The fourth-order valence-electron chi connectivity index (χ4n) is 1.19. The van der Waals surface area contributed by atoms with Crippen LogP contribution in [0.25, 0.3) is 0 Å². The zero-order valence-electron chi connectivity index (χ0n) is 9.93. The third-order valence-corrected chi connectivity index (χ3v) is 2.02. The van der Waals surface area contributed by atoms with Gasteiger partial charge >= 0.3 is 0 Å². The van der Waals surface area contributed by atoms with Crippen molar-refractivity contribution >= 4 is 0 Å². The average Bonchev–Trinajstić information content (AvgIpc) is 2.24. The van der Waals surface area contributed by atoms with E-state index in [2.05, 4.69) is 35.8 Å². The van der Waals surface area contributed by atoms with Gasteiger partial charge in [0.15, 0.2) is 0 Å². The summed E-state index contributed by atoms with van der Waals surface area (Å²) < 4.78 is 0. The Balaban J connectivity index is 0.000000791. The van der Waals surface area contributed by atoms with E-state index in [1.54, 1.807) is 0 Å². The van der Waals surface area contributed by atoms with Crippen molar-refractivity contribution in [2.45, 2.75) is 27.2 Å². The number of likely N-dealkylation sites (N-methyl/N-ethyl adjacent to an activating group) is 1. The van der Waals surface area contributed by atoms with Crippen molar-refractivity contribution in [2.24, 2.45) is 5.92 Å². The first-order valence-corrected chi connectivity index (χ1v) is 5.59. The van der Waals surface area contributed by atoms with E-state index >= 15 is 0 Å². The van der Waals surface area contributed by atoms with Gasteiger partial charge in [0.05, 0.1) is 0 Å². The lowest BCUT2D eigenvalue weighted by Crippen LogP contribution is -2.24. The minimum Gasteiger partial charge on any atom is -0.384 e. The molecular formula is C12H24N2. The fraction of sp³-hybridized carbons (Fsp3) is 0.667. The van der Waals surface area contributed by atoms with Gasteiger partial charge in [0.25, 0.3) is 0 Å². The van der Waals surface area contributed by atoms with Crippen molar-refractivity contribution in [1.82, 2.24) is 10.6 Å². The van der Waals surface area contributed by atoms with E-state index in [1.165, 1.54) is 12.1 Å². The highest BCUT2D eigenvalue weighted by molar-refractivity contribution is 5.21. The fourth-order valence-corrected chi connectivity index (χ4v) is 1.19. The van der Waals surface area contributed by atoms with Crippen molar-refractivity contribution in [1.29, 1.82) is 0 Å². The Morgan fingerprint density at radius 2 is 2.07 bits per heavy atom. The number of nitrogens with one attached hydrogen (secondary N) is 2. The summed E-state index contributed by atoms with van der Waals surface area (Å²) in [7, 11) is 1.97. The van der Waals surface area contributed by atoms with E-state index in [9.17, 15) is 0 Å². The molecule has 1 atom stereocenters. The van der Waals surface area contributed by atoms with E-state index in [0.29, 0.717) is 5.92 Å². The van der Waals surface area contributed by atoms with E-state index in [-0.39, 0.29) is 0 Å².